The molecule has 1 aliphatic heterocycles. The number of fused-ring (bicyclic) bond motifs is 1. The molecule has 4 N–H and O–H groups in total. The van der Waals surface area contributed by atoms with E-state index in [0.717, 1.165) is 30.5 Å². The minimum atomic E-state index is -3.32. The molecule has 1 saturated carbocycles. The zero-order valence-corrected chi connectivity index (χ0v) is 17.2. The Balaban J connectivity index is 1.39. The largest absolute Gasteiger partial charge is 0.446 e. The molecular weight excluding hydrogens is 394 g/mol. The van der Waals surface area contributed by atoms with E-state index < -0.39 is 10.0 Å². The number of hydrogen-bond acceptors (Lipinski definition) is 6. The van der Waals surface area contributed by atoms with Gasteiger partial charge in [-0.25, -0.2) is 13.2 Å². The van der Waals surface area contributed by atoms with Crippen molar-refractivity contribution in [3.8, 4) is 0 Å². The summed E-state index contributed by atoms with van der Waals surface area (Å²) in [6, 6.07) is 7.39. The van der Waals surface area contributed by atoms with Crippen molar-refractivity contribution >= 4 is 33.3 Å². The summed E-state index contributed by atoms with van der Waals surface area (Å²) in [5, 5.41) is 13.3. The van der Waals surface area contributed by atoms with E-state index >= 15 is 0 Å². The first kappa shape index (κ1) is 19.6. The molecule has 1 aliphatic carbocycles. The lowest BCUT2D eigenvalue weighted by Crippen LogP contribution is -2.33. The average molecular weight is 420 g/mol. The van der Waals surface area contributed by atoms with Gasteiger partial charge in [0.25, 0.3) is 0 Å². The molecule has 0 saturated heterocycles. The highest BCUT2D eigenvalue weighted by Gasteiger charge is 2.30. The van der Waals surface area contributed by atoms with Crippen LogP contribution in [0.1, 0.15) is 50.3 Å². The molecule has 10 heteroatoms. The van der Waals surface area contributed by atoms with Crippen LogP contribution in [0.5, 0.6) is 0 Å². The number of sulfonamides is 1. The molecular formula is C19H25N5O4S. The summed E-state index contributed by atoms with van der Waals surface area (Å²) in [4.78, 5) is 11.8. The van der Waals surface area contributed by atoms with Gasteiger partial charge in [0.1, 0.15) is 6.10 Å². The van der Waals surface area contributed by atoms with E-state index in [1.165, 1.54) is 0 Å². The number of nitrogens with zero attached hydrogens (tertiary/aromatic N) is 1. The molecule has 4 rings (SSSR count). The predicted octanol–water partition coefficient (Wildman–Crippen LogP) is 3.18. The number of rotatable bonds is 5. The number of alkyl carbamates (subject to hydrolysis) is 1. The van der Waals surface area contributed by atoms with Crippen LogP contribution in [0.25, 0.3) is 0 Å². The van der Waals surface area contributed by atoms with E-state index in [4.69, 9.17) is 4.74 Å². The summed E-state index contributed by atoms with van der Waals surface area (Å²) >= 11 is 0. The van der Waals surface area contributed by atoms with Gasteiger partial charge in [0, 0.05) is 23.7 Å². The van der Waals surface area contributed by atoms with E-state index in [-0.39, 0.29) is 29.9 Å². The van der Waals surface area contributed by atoms with Crippen molar-refractivity contribution in [2.45, 2.75) is 56.9 Å². The van der Waals surface area contributed by atoms with Crippen LogP contribution in [-0.4, -0.2) is 36.9 Å². The molecule has 0 spiro atoms. The van der Waals surface area contributed by atoms with Crippen LogP contribution in [0.2, 0.25) is 0 Å². The maximum atomic E-state index is 11.8. The van der Waals surface area contributed by atoms with Crippen molar-refractivity contribution < 1.29 is 17.9 Å². The van der Waals surface area contributed by atoms with E-state index in [9.17, 15) is 13.2 Å². The maximum absolute atomic E-state index is 11.8. The molecule has 1 aromatic heterocycles. The lowest BCUT2D eigenvalue weighted by atomic mass is 10.0. The van der Waals surface area contributed by atoms with Crippen LogP contribution in [0.15, 0.2) is 24.3 Å². The van der Waals surface area contributed by atoms with Crippen LogP contribution in [0, 0.1) is 0 Å². The number of amides is 1. The smallest absolute Gasteiger partial charge is 0.407 e. The molecule has 2 heterocycles. The number of ether oxygens (including phenoxy) is 1. The molecule has 2 atom stereocenters. The molecule has 0 radical (unpaired) electrons. The molecule has 2 aromatic rings. The van der Waals surface area contributed by atoms with Gasteiger partial charge in [0.15, 0.2) is 5.82 Å². The van der Waals surface area contributed by atoms with Gasteiger partial charge in [-0.1, -0.05) is 12.1 Å². The van der Waals surface area contributed by atoms with E-state index in [1.807, 2.05) is 32.0 Å². The summed E-state index contributed by atoms with van der Waals surface area (Å²) in [6.07, 6.45) is 1.98. The monoisotopic (exact) mass is 419 g/mol. The summed E-state index contributed by atoms with van der Waals surface area (Å²) in [6.45, 7) is 3.79. The third-order valence-electron chi connectivity index (χ3n) is 5.12. The highest BCUT2D eigenvalue weighted by atomic mass is 32.2. The first-order valence-corrected chi connectivity index (χ1v) is 11.4. The lowest BCUT2D eigenvalue weighted by molar-refractivity contribution is 0.0981. The third kappa shape index (κ3) is 4.47. The Kier molecular flexibility index (Phi) is 5.12. The quantitative estimate of drug-likeness (QED) is 0.590. The molecule has 156 valence electrons. The van der Waals surface area contributed by atoms with E-state index in [2.05, 4.69) is 25.6 Å². The normalized spacial score (nSPS) is 22.2. The number of benzene rings is 1. The molecule has 0 bridgehead atoms. The van der Waals surface area contributed by atoms with Crippen LogP contribution < -0.4 is 15.4 Å². The van der Waals surface area contributed by atoms with Gasteiger partial charge in [0.05, 0.1) is 17.1 Å². The Morgan fingerprint density at radius 1 is 1.31 bits per heavy atom. The van der Waals surface area contributed by atoms with Crippen molar-refractivity contribution in [2.24, 2.45) is 0 Å². The number of H-pyrrole nitrogens is 1. The molecule has 1 aromatic carbocycles. The Bertz CT molecular complexity index is 1020. The van der Waals surface area contributed by atoms with Crippen molar-refractivity contribution in [3.63, 3.8) is 0 Å². The summed E-state index contributed by atoms with van der Waals surface area (Å²) < 4.78 is 31.7. The van der Waals surface area contributed by atoms with Crippen molar-refractivity contribution in [1.82, 2.24) is 15.5 Å². The third-order valence-corrected chi connectivity index (χ3v) is 6.32. The van der Waals surface area contributed by atoms with Crippen molar-refractivity contribution in [2.75, 3.05) is 10.0 Å². The minimum Gasteiger partial charge on any atom is -0.446 e. The highest BCUT2D eigenvalue weighted by molar-refractivity contribution is 7.92. The zero-order chi connectivity index (χ0) is 20.6. The standard InChI is InChI=1S/C19H25N5O4S/c1-11(2)20-19(25)28-14-7-6-12(8-14)16-9-17(23-22-16)21-15-5-3-4-13-10-29(26,27)24-18(13)15/h3-5,9,11-12,14,24H,6-8,10H2,1-2H3,(H,20,25)(H2,21,22,23)/t12-,14+/m0/s1. The Hall–Kier alpha value is -2.75. The van der Waals surface area contributed by atoms with E-state index in [1.54, 1.807) is 6.07 Å². The fourth-order valence-electron chi connectivity index (χ4n) is 3.84. The van der Waals surface area contributed by atoms with Crippen molar-refractivity contribution in [1.29, 1.82) is 0 Å². The van der Waals surface area contributed by atoms with Gasteiger partial charge in [-0.15, -0.1) is 0 Å². The maximum Gasteiger partial charge on any atom is 0.407 e. The van der Waals surface area contributed by atoms with Gasteiger partial charge in [-0.05, 0) is 44.7 Å². The van der Waals surface area contributed by atoms with Gasteiger partial charge in [-0.3, -0.25) is 9.82 Å². The van der Waals surface area contributed by atoms with Crippen LogP contribution in [0.4, 0.5) is 22.0 Å². The number of carbonyl (C=O) groups is 1. The summed E-state index contributed by atoms with van der Waals surface area (Å²) in [7, 11) is -3.32. The number of para-hydroxylation sites is 1. The van der Waals surface area contributed by atoms with Crippen LogP contribution in [0.3, 0.4) is 0 Å². The number of hydrogen-bond donors (Lipinski definition) is 4. The number of aromatic amines is 1. The molecule has 29 heavy (non-hydrogen) atoms. The zero-order valence-electron chi connectivity index (χ0n) is 16.4. The molecule has 2 aliphatic rings. The summed E-state index contributed by atoms with van der Waals surface area (Å²) in [5.41, 5.74) is 2.94. The number of carbonyl (C=O) groups excluding carboxylic acids is 1. The highest BCUT2D eigenvalue weighted by Crippen LogP contribution is 2.38. The average Bonchev–Trinajstić information content (AvgIpc) is 3.32. The molecule has 1 amide bonds. The molecule has 1 fully saturated rings. The molecule has 9 nitrogen and oxygen atoms in total. The van der Waals surface area contributed by atoms with Gasteiger partial charge >= 0.3 is 6.09 Å². The first-order chi connectivity index (χ1) is 13.8. The second kappa shape index (κ2) is 7.58. The number of nitrogens with one attached hydrogen (secondary N) is 4. The topological polar surface area (TPSA) is 125 Å². The van der Waals surface area contributed by atoms with Gasteiger partial charge in [0.2, 0.25) is 10.0 Å². The Morgan fingerprint density at radius 3 is 2.93 bits per heavy atom. The van der Waals surface area contributed by atoms with Crippen LogP contribution >= 0.6 is 0 Å². The first-order valence-electron chi connectivity index (χ1n) is 9.71. The second-order valence-electron chi connectivity index (χ2n) is 7.87. The summed E-state index contributed by atoms with van der Waals surface area (Å²) in [5.74, 6) is 0.827. The number of anilines is 3. The minimum absolute atomic E-state index is 0.0164. The second-order valence-corrected chi connectivity index (χ2v) is 9.59. The van der Waals surface area contributed by atoms with Crippen LogP contribution in [-0.2, 0) is 20.5 Å². The van der Waals surface area contributed by atoms with Gasteiger partial charge < -0.3 is 15.4 Å². The molecule has 0 unspecified atom stereocenters. The Morgan fingerprint density at radius 2 is 2.14 bits per heavy atom. The fourth-order valence-corrected chi connectivity index (χ4v) is 5.11. The predicted molar refractivity (Wildman–Crippen MR) is 110 cm³/mol. The fraction of sp³-hybridized carbons (Fsp3) is 0.474. The van der Waals surface area contributed by atoms with E-state index in [0.29, 0.717) is 17.2 Å². The Labute approximate surface area is 169 Å². The number of aromatic nitrogens is 2. The lowest BCUT2D eigenvalue weighted by Gasteiger charge is -2.14. The SMILES string of the molecule is CC(C)NC(=O)O[C@@H]1CC[C@H](c2cc(Nc3cccc4c3NS(=O)(=O)C4)n[nH]2)C1. The van der Waals surface area contributed by atoms with Crippen molar-refractivity contribution in [3.05, 3.63) is 35.5 Å². The van der Waals surface area contributed by atoms with Gasteiger partial charge in [-0.2, -0.15) is 5.10 Å².